The molecule has 0 fully saturated rings. The second kappa shape index (κ2) is 5.92. The maximum atomic E-state index is 11.5. The van der Waals surface area contributed by atoms with Crippen LogP contribution in [-0.2, 0) is 14.6 Å². The molecule has 0 aliphatic heterocycles. The van der Waals surface area contributed by atoms with Gasteiger partial charge in [-0.2, -0.15) is 0 Å². The summed E-state index contributed by atoms with van der Waals surface area (Å²) in [7, 11) is -3.51. The summed E-state index contributed by atoms with van der Waals surface area (Å²) in [6, 6.07) is 0. The summed E-state index contributed by atoms with van der Waals surface area (Å²) < 4.78 is 22.9. The first-order chi connectivity index (χ1) is 7.21. The lowest BCUT2D eigenvalue weighted by Crippen LogP contribution is -2.51. The van der Waals surface area contributed by atoms with Crippen molar-refractivity contribution < 1.29 is 18.3 Å². The van der Waals surface area contributed by atoms with Crippen molar-refractivity contribution in [3.63, 3.8) is 0 Å². The van der Waals surface area contributed by atoms with E-state index in [1.807, 2.05) is 0 Å². The predicted octanol–water partition coefficient (Wildman–Crippen LogP) is -1.56. The van der Waals surface area contributed by atoms with Gasteiger partial charge in [-0.1, -0.05) is 0 Å². The monoisotopic (exact) mass is 251 g/mol. The Hall–Kier alpha value is -0.990. The van der Waals surface area contributed by atoms with Gasteiger partial charge in [-0.3, -0.25) is 4.79 Å². The van der Waals surface area contributed by atoms with E-state index in [4.69, 9.17) is 16.2 Å². The van der Waals surface area contributed by atoms with Gasteiger partial charge in [-0.15, -0.1) is 0 Å². The number of aliphatic carboxylic acids is 1. The van der Waals surface area contributed by atoms with Crippen LogP contribution in [0.2, 0.25) is 0 Å². The predicted molar refractivity (Wildman–Crippen MR) is 60.5 cm³/mol. The van der Waals surface area contributed by atoms with Crippen LogP contribution in [-0.4, -0.2) is 55.8 Å². The highest BCUT2D eigenvalue weighted by molar-refractivity contribution is 7.91. The molecular formula is C8H17N3O4S. The van der Waals surface area contributed by atoms with Gasteiger partial charge in [0.2, 0.25) is 0 Å². The minimum absolute atomic E-state index is 0.174. The fourth-order valence-electron chi connectivity index (χ4n) is 0.993. The van der Waals surface area contributed by atoms with Crippen molar-refractivity contribution >= 4 is 22.0 Å². The molecule has 7 nitrogen and oxygen atoms in total. The fourth-order valence-corrected chi connectivity index (χ4v) is 2.63. The topological polar surface area (TPSA) is 133 Å². The van der Waals surface area contributed by atoms with Crippen molar-refractivity contribution in [1.82, 2.24) is 5.32 Å². The maximum absolute atomic E-state index is 11.5. The normalized spacial score (nSPS) is 15.4. The Balaban J connectivity index is 4.25. The molecule has 0 aromatic rings. The van der Waals surface area contributed by atoms with Crippen molar-refractivity contribution in [3.8, 4) is 0 Å². The molecule has 0 aromatic heterocycles. The standard InChI is InChI=1S/C8H17N3O4S/c1-8(10,7(12)13)6-16(14,15)5-4-11-3-2-9/h2,9,11H,3-6,10H2,1H3,(H,12,13)/t8-/m0/s1. The van der Waals surface area contributed by atoms with Crippen LogP contribution in [0, 0.1) is 5.41 Å². The van der Waals surface area contributed by atoms with E-state index in [0.29, 0.717) is 0 Å². The van der Waals surface area contributed by atoms with E-state index < -0.39 is 27.1 Å². The first-order valence-electron chi connectivity index (χ1n) is 4.63. The Morgan fingerprint density at radius 2 is 2.19 bits per heavy atom. The molecule has 0 rings (SSSR count). The highest BCUT2D eigenvalue weighted by Gasteiger charge is 2.33. The van der Waals surface area contributed by atoms with Gasteiger partial charge < -0.3 is 21.6 Å². The van der Waals surface area contributed by atoms with Gasteiger partial charge in [0.1, 0.15) is 5.54 Å². The van der Waals surface area contributed by atoms with E-state index in [1.165, 1.54) is 0 Å². The molecule has 5 N–H and O–H groups in total. The van der Waals surface area contributed by atoms with Crippen molar-refractivity contribution in [2.45, 2.75) is 12.5 Å². The van der Waals surface area contributed by atoms with E-state index in [2.05, 4.69) is 5.32 Å². The van der Waals surface area contributed by atoms with Crippen LogP contribution in [0.1, 0.15) is 6.92 Å². The molecule has 0 heterocycles. The summed E-state index contributed by atoms with van der Waals surface area (Å²) in [6.45, 7) is 1.62. The van der Waals surface area contributed by atoms with Crippen LogP contribution in [0.4, 0.5) is 0 Å². The number of rotatable bonds is 8. The first-order valence-corrected chi connectivity index (χ1v) is 6.46. The van der Waals surface area contributed by atoms with Crippen LogP contribution in [0.3, 0.4) is 0 Å². The molecule has 8 heteroatoms. The van der Waals surface area contributed by atoms with Gasteiger partial charge in [0.05, 0.1) is 11.5 Å². The summed E-state index contributed by atoms with van der Waals surface area (Å²) >= 11 is 0. The Kier molecular flexibility index (Phi) is 5.56. The van der Waals surface area contributed by atoms with E-state index in [0.717, 1.165) is 13.1 Å². The van der Waals surface area contributed by atoms with Crippen LogP contribution >= 0.6 is 0 Å². The lowest BCUT2D eigenvalue weighted by atomic mass is 10.1. The summed E-state index contributed by atoms with van der Waals surface area (Å²) in [5.41, 5.74) is 3.58. The Bertz CT molecular complexity index is 350. The van der Waals surface area contributed by atoms with E-state index in [1.54, 1.807) is 0 Å². The summed E-state index contributed by atoms with van der Waals surface area (Å²) in [5, 5.41) is 18.1. The maximum Gasteiger partial charge on any atom is 0.324 e. The zero-order chi connectivity index (χ0) is 12.8. The van der Waals surface area contributed by atoms with Crippen molar-refractivity contribution in [3.05, 3.63) is 0 Å². The molecular weight excluding hydrogens is 234 g/mol. The van der Waals surface area contributed by atoms with Gasteiger partial charge in [-0.25, -0.2) is 8.42 Å². The summed E-state index contributed by atoms with van der Waals surface area (Å²) in [6.07, 6.45) is 1.11. The number of carboxylic acids is 1. The van der Waals surface area contributed by atoms with Crippen molar-refractivity contribution in [2.24, 2.45) is 5.73 Å². The molecule has 0 aromatic carbocycles. The first kappa shape index (κ1) is 15.0. The molecule has 0 bridgehead atoms. The Morgan fingerprint density at radius 3 is 2.62 bits per heavy atom. The number of nitrogens with one attached hydrogen (secondary N) is 2. The number of carboxylic acid groups (broad SMARTS) is 1. The molecule has 0 aliphatic rings. The molecule has 0 spiro atoms. The molecule has 0 unspecified atom stereocenters. The number of hydrogen-bond acceptors (Lipinski definition) is 6. The highest BCUT2D eigenvalue weighted by Crippen LogP contribution is 2.05. The summed E-state index contributed by atoms with van der Waals surface area (Å²) in [4.78, 5) is 10.6. The third-order valence-corrected chi connectivity index (χ3v) is 3.71. The van der Waals surface area contributed by atoms with E-state index in [9.17, 15) is 13.2 Å². The lowest BCUT2D eigenvalue weighted by molar-refractivity contribution is -0.141. The van der Waals surface area contributed by atoms with Gasteiger partial charge in [0, 0.05) is 19.3 Å². The van der Waals surface area contributed by atoms with Gasteiger partial charge in [0.25, 0.3) is 0 Å². The number of hydrogen-bond donors (Lipinski definition) is 4. The van der Waals surface area contributed by atoms with Crippen molar-refractivity contribution in [1.29, 1.82) is 5.41 Å². The fraction of sp³-hybridized carbons (Fsp3) is 0.750. The SMILES string of the molecule is C[C@](N)(CS(=O)(=O)CCNCC=N)C(=O)O. The Labute approximate surface area is 94.5 Å². The van der Waals surface area contributed by atoms with E-state index >= 15 is 0 Å². The second-order valence-electron chi connectivity index (χ2n) is 3.72. The number of sulfone groups is 1. The number of nitrogens with two attached hydrogens (primary N) is 1. The number of carbonyl (C=O) groups is 1. The Morgan fingerprint density at radius 1 is 1.62 bits per heavy atom. The molecule has 0 saturated carbocycles. The van der Waals surface area contributed by atoms with Crippen LogP contribution in [0.5, 0.6) is 0 Å². The third kappa shape index (κ3) is 5.79. The smallest absolute Gasteiger partial charge is 0.324 e. The average molecular weight is 251 g/mol. The van der Waals surface area contributed by atoms with Crippen LogP contribution < -0.4 is 11.1 Å². The van der Waals surface area contributed by atoms with Gasteiger partial charge in [-0.05, 0) is 6.92 Å². The van der Waals surface area contributed by atoms with Crippen molar-refractivity contribution in [2.75, 3.05) is 24.6 Å². The second-order valence-corrected chi connectivity index (χ2v) is 5.91. The van der Waals surface area contributed by atoms with E-state index in [-0.39, 0.29) is 18.8 Å². The molecule has 94 valence electrons. The van der Waals surface area contributed by atoms with Crippen LogP contribution in [0.25, 0.3) is 0 Å². The van der Waals surface area contributed by atoms with Gasteiger partial charge >= 0.3 is 5.97 Å². The molecule has 0 amide bonds. The zero-order valence-electron chi connectivity index (χ0n) is 9.06. The molecule has 16 heavy (non-hydrogen) atoms. The third-order valence-electron chi connectivity index (χ3n) is 1.84. The quantitative estimate of drug-likeness (QED) is 0.304. The van der Waals surface area contributed by atoms with Crippen LogP contribution in [0.15, 0.2) is 0 Å². The zero-order valence-corrected chi connectivity index (χ0v) is 9.88. The minimum atomic E-state index is -3.51. The molecule has 0 saturated heterocycles. The highest BCUT2D eigenvalue weighted by atomic mass is 32.2. The minimum Gasteiger partial charge on any atom is -0.480 e. The lowest BCUT2D eigenvalue weighted by Gasteiger charge is -2.18. The largest absolute Gasteiger partial charge is 0.480 e. The summed E-state index contributed by atoms with van der Waals surface area (Å²) in [5.74, 6) is -2.13. The molecule has 0 aliphatic carbocycles. The van der Waals surface area contributed by atoms with Gasteiger partial charge in [0.15, 0.2) is 9.84 Å². The molecule has 0 radical (unpaired) electrons. The molecule has 1 atom stereocenters. The average Bonchev–Trinajstić information content (AvgIpc) is 2.10.